The SMILES string of the molecule is Cc1cc(C)c(C(N)=O)c(NCC2(CCN)CC2)n1. The average molecular weight is 262 g/mol. The molecular weight excluding hydrogens is 240 g/mol. The highest BCUT2D eigenvalue weighted by atomic mass is 16.1. The second kappa shape index (κ2) is 5.17. The van der Waals surface area contributed by atoms with Gasteiger partial charge in [-0.1, -0.05) is 0 Å². The van der Waals surface area contributed by atoms with Crippen LogP contribution < -0.4 is 16.8 Å². The summed E-state index contributed by atoms with van der Waals surface area (Å²) in [5.74, 6) is 0.171. The fraction of sp³-hybridized carbons (Fsp3) is 0.571. The van der Waals surface area contributed by atoms with Gasteiger partial charge in [0.15, 0.2) is 0 Å². The number of primary amides is 1. The highest BCUT2D eigenvalue weighted by Gasteiger charge is 2.41. The molecule has 19 heavy (non-hydrogen) atoms. The van der Waals surface area contributed by atoms with Crippen LogP contribution in [0.15, 0.2) is 6.07 Å². The van der Waals surface area contributed by atoms with Crippen molar-refractivity contribution in [2.45, 2.75) is 33.1 Å². The molecule has 1 aliphatic carbocycles. The quantitative estimate of drug-likeness (QED) is 0.721. The lowest BCUT2D eigenvalue weighted by molar-refractivity contribution is 0.1000. The number of anilines is 1. The number of rotatable bonds is 6. The third-order valence-corrected chi connectivity index (χ3v) is 3.85. The van der Waals surface area contributed by atoms with Crippen molar-refractivity contribution in [2.24, 2.45) is 16.9 Å². The molecule has 0 radical (unpaired) electrons. The summed E-state index contributed by atoms with van der Waals surface area (Å²) < 4.78 is 0. The first-order valence-electron chi connectivity index (χ1n) is 6.69. The van der Waals surface area contributed by atoms with Crippen LogP contribution in [0.25, 0.3) is 0 Å². The Morgan fingerprint density at radius 2 is 2.16 bits per heavy atom. The zero-order chi connectivity index (χ0) is 14.0. The Labute approximate surface area is 113 Å². The standard InChI is InChI=1S/C14H22N4O/c1-9-7-10(2)18-13(11(9)12(16)19)17-8-14(3-4-14)5-6-15/h7H,3-6,8,15H2,1-2H3,(H2,16,19)(H,17,18). The van der Waals surface area contributed by atoms with E-state index in [0.29, 0.717) is 23.3 Å². The van der Waals surface area contributed by atoms with Crippen LogP contribution in [0.3, 0.4) is 0 Å². The van der Waals surface area contributed by atoms with E-state index in [0.717, 1.165) is 24.2 Å². The number of hydrogen-bond acceptors (Lipinski definition) is 4. The van der Waals surface area contributed by atoms with Crippen LogP contribution in [0.2, 0.25) is 0 Å². The number of nitrogens with one attached hydrogen (secondary N) is 1. The molecular formula is C14H22N4O. The Morgan fingerprint density at radius 3 is 2.68 bits per heavy atom. The van der Waals surface area contributed by atoms with E-state index in [9.17, 15) is 4.79 Å². The van der Waals surface area contributed by atoms with Gasteiger partial charge in [0.25, 0.3) is 5.91 Å². The molecule has 0 bridgehead atoms. The molecule has 1 aliphatic rings. The molecule has 5 heteroatoms. The maximum Gasteiger partial charge on any atom is 0.252 e. The molecule has 5 nitrogen and oxygen atoms in total. The van der Waals surface area contributed by atoms with Crippen LogP contribution >= 0.6 is 0 Å². The number of carbonyl (C=O) groups excluding carboxylic acids is 1. The van der Waals surface area contributed by atoms with Crippen LogP contribution in [-0.4, -0.2) is 24.0 Å². The number of pyridine rings is 1. The predicted molar refractivity (Wildman–Crippen MR) is 76.1 cm³/mol. The summed E-state index contributed by atoms with van der Waals surface area (Å²) in [6.45, 7) is 5.30. The van der Waals surface area contributed by atoms with Gasteiger partial charge in [0.1, 0.15) is 5.82 Å². The monoisotopic (exact) mass is 262 g/mol. The van der Waals surface area contributed by atoms with Crippen LogP contribution in [0.5, 0.6) is 0 Å². The lowest BCUT2D eigenvalue weighted by Crippen LogP contribution is -2.23. The summed E-state index contributed by atoms with van der Waals surface area (Å²) in [6, 6.07) is 1.87. The third kappa shape index (κ3) is 3.04. The fourth-order valence-electron chi connectivity index (χ4n) is 2.55. The molecule has 1 amide bonds. The summed E-state index contributed by atoms with van der Waals surface area (Å²) in [6.07, 6.45) is 3.39. The zero-order valence-corrected chi connectivity index (χ0v) is 11.6. The summed E-state index contributed by atoms with van der Waals surface area (Å²) in [5, 5.41) is 3.30. The number of nitrogens with two attached hydrogens (primary N) is 2. The van der Waals surface area contributed by atoms with E-state index in [1.807, 2.05) is 19.9 Å². The highest BCUT2D eigenvalue weighted by Crippen LogP contribution is 2.48. The Balaban J connectivity index is 2.17. The zero-order valence-electron chi connectivity index (χ0n) is 11.6. The maximum absolute atomic E-state index is 11.5. The van der Waals surface area contributed by atoms with Gasteiger partial charge >= 0.3 is 0 Å². The van der Waals surface area contributed by atoms with Crippen molar-refractivity contribution in [1.82, 2.24) is 4.98 Å². The van der Waals surface area contributed by atoms with Crippen molar-refractivity contribution in [3.8, 4) is 0 Å². The molecule has 0 unspecified atom stereocenters. The predicted octanol–water partition coefficient (Wildman–Crippen LogP) is 1.34. The molecule has 0 aromatic carbocycles. The van der Waals surface area contributed by atoms with E-state index in [4.69, 9.17) is 11.5 Å². The summed E-state index contributed by atoms with van der Waals surface area (Å²) in [5.41, 5.74) is 13.6. The number of amides is 1. The van der Waals surface area contributed by atoms with Crippen molar-refractivity contribution in [1.29, 1.82) is 0 Å². The molecule has 104 valence electrons. The molecule has 1 aromatic heterocycles. The van der Waals surface area contributed by atoms with E-state index in [-0.39, 0.29) is 0 Å². The van der Waals surface area contributed by atoms with Gasteiger partial charge in [0, 0.05) is 12.2 Å². The molecule has 0 spiro atoms. The van der Waals surface area contributed by atoms with Crippen molar-refractivity contribution >= 4 is 11.7 Å². The number of nitrogens with zero attached hydrogens (tertiary/aromatic N) is 1. The van der Waals surface area contributed by atoms with E-state index < -0.39 is 5.91 Å². The van der Waals surface area contributed by atoms with E-state index in [1.165, 1.54) is 12.8 Å². The normalized spacial score (nSPS) is 16.2. The maximum atomic E-state index is 11.5. The van der Waals surface area contributed by atoms with Crippen LogP contribution in [0, 0.1) is 19.3 Å². The number of aryl methyl sites for hydroxylation is 2. The van der Waals surface area contributed by atoms with Gasteiger partial charge in [-0.3, -0.25) is 4.79 Å². The molecule has 5 N–H and O–H groups in total. The molecule has 1 saturated carbocycles. The lowest BCUT2D eigenvalue weighted by atomic mass is 10.0. The van der Waals surface area contributed by atoms with E-state index in [2.05, 4.69) is 10.3 Å². The number of hydrogen-bond donors (Lipinski definition) is 3. The highest BCUT2D eigenvalue weighted by molar-refractivity contribution is 5.99. The van der Waals surface area contributed by atoms with Crippen molar-refractivity contribution < 1.29 is 4.79 Å². The van der Waals surface area contributed by atoms with Crippen molar-refractivity contribution in [3.05, 3.63) is 22.9 Å². The van der Waals surface area contributed by atoms with Gasteiger partial charge in [-0.25, -0.2) is 4.98 Å². The first kappa shape index (κ1) is 13.8. The molecule has 1 aromatic rings. The number of carbonyl (C=O) groups is 1. The number of aromatic nitrogens is 1. The Morgan fingerprint density at radius 1 is 1.47 bits per heavy atom. The molecule has 2 rings (SSSR count). The summed E-state index contributed by atoms with van der Waals surface area (Å²) in [7, 11) is 0. The van der Waals surface area contributed by atoms with Crippen LogP contribution in [-0.2, 0) is 0 Å². The molecule has 1 heterocycles. The first-order valence-corrected chi connectivity index (χ1v) is 6.69. The van der Waals surface area contributed by atoms with Gasteiger partial charge in [0.05, 0.1) is 5.56 Å². The summed E-state index contributed by atoms with van der Waals surface area (Å²) >= 11 is 0. The molecule has 0 saturated heterocycles. The third-order valence-electron chi connectivity index (χ3n) is 3.85. The Hall–Kier alpha value is -1.62. The van der Waals surface area contributed by atoms with Gasteiger partial charge in [0.2, 0.25) is 0 Å². The minimum absolute atomic E-state index is 0.295. The van der Waals surface area contributed by atoms with Crippen molar-refractivity contribution in [3.63, 3.8) is 0 Å². The van der Waals surface area contributed by atoms with Crippen molar-refractivity contribution in [2.75, 3.05) is 18.4 Å². The Kier molecular flexibility index (Phi) is 3.75. The first-order chi connectivity index (χ1) is 8.97. The minimum Gasteiger partial charge on any atom is -0.369 e. The smallest absolute Gasteiger partial charge is 0.252 e. The lowest BCUT2D eigenvalue weighted by Gasteiger charge is -2.18. The Bertz CT molecular complexity index is 494. The van der Waals surface area contributed by atoms with Gasteiger partial charge in [-0.2, -0.15) is 0 Å². The minimum atomic E-state index is -0.434. The fourth-order valence-corrected chi connectivity index (χ4v) is 2.55. The van der Waals surface area contributed by atoms with E-state index >= 15 is 0 Å². The van der Waals surface area contributed by atoms with Gasteiger partial charge in [-0.15, -0.1) is 0 Å². The topological polar surface area (TPSA) is 94.0 Å². The van der Waals surface area contributed by atoms with Gasteiger partial charge < -0.3 is 16.8 Å². The van der Waals surface area contributed by atoms with E-state index in [1.54, 1.807) is 0 Å². The van der Waals surface area contributed by atoms with Crippen LogP contribution in [0.1, 0.15) is 40.9 Å². The second-order valence-corrected chi connectivity index (χ2v) is 5.56. The summed E-state index contributed by atoms with van der Waals surface area (Å²) in [4.78, 5) is 15.9. The molecule has 0 aliphatic heterocycles. The average Bonchev–Trinajstić information content (AvgIpc) is 3.06. The molecule has 0 atom stereocenters. The second-order valence-electron chi connectivity index (χ2n) is 5.56. The van der Waals surface area contributed by atoms with Crippen LogP contribution in [0.4, 0.5) is 5.82 Å². The largest absolute Gasteiger partial charge is 0.369 e. The van der Waals surface area contributed by atoms with Gasteiger partial charge in [-0.05, 0) is 56.7 Å². The molecule has 1 fully saturated rings.